The van der Waals surface area contributed by atoms with E-state index in [0.29, 0.717) is 5.41 Å². The monoisotopic (exact) mass is 316 g/mol. The van der Waals surface area contributed by atoms with E-state index in [1.807, 2.05) is 5.57 Å². The maximum absolute atomic E-state index is 6.23. The minimum atomic E-state index is -0.260. The van der Waals surface area contributed by atoms with Crippen LogP contribution in [0.5, 0.6) is 0 Å². The molecule has 2 unspecified atom stereocenters. The van der Waals surface area contributed by atoms with Gasteiger partial charge in [-0.25, -0.2) is 0 Å². The van der Waals surface area contributed by atoms with E-state index in [9.17, 15) is 0 Å². The van der Waals surface area contributed by atoms with E-state index >= 15 is 0 Å². The molecule has 4 aliphatic carbocycles. The van der Waals surface area contributed by atoms with Crippen molar-refractivity contribution in [2.75, 3.05) is 13.2 Å². The first-order valence-corrected chi connectivity index (χ1v) is 10.1. The second-order valence-corrected chi connectivity index (χ2v) is 9.42. The summed E-state index contributed by atoms with van der Waals surface area (Å²) < 4.78 is 12.5. The molecule has 5 aliphatic rings. The SMILES string of the molecule is C[C@]12CC=C3C(CC[C@@H]4CCCC[C@]34C)C1CCC21OCCO1. The Bertz CT molecular complexity index is 532. The Hall–Kier alpha value is -0.340. The predicted octanol–water partition coefficient (Wildman–Crippen LogP) is 5.08. The number of hydrogen-bond acceptors (Lipinski definition) is 2. The molecule has 128 valence electrons. The highest BCUT2D eigenvalue weighted by molar-refractivity contribution is 5.29. The molecule has 0 bridgehead atoms. The molecule has 0 aromatic carbocycles. The Labute approximate surface area is 141 Å². The van der Waals surface area contributed by atoms with Crippen molar-refractivity contribution in [3.8, 4) is 0 Å². The third kappa shape index (κ3) is 1.78. The van der Waals surface area contributed by atoms with Crippen molar-refractivity contribution in [2.45, 2.75) is 77.4 Å². The molecule has 0 aromatic rings. The first kappa shape index (κ1) is 15.0. The van der Waals surface area contributed by atoms with Crippen LogP contribution in [0.4, 0.5) is 0 Å². The summed E-state index contributed by atoms with van der Waals surface area (Å²) in [6.45, 7) is 6.66. The summed E-state index contributed by atoms with van der Waals surface area (Å²) in [7, 11) is 0. The minimum Gasteiger partial charge on any atom is -0.347 e. The Morgan fingerprint density at radius 3 is 2.61 bits per heavy atom. The van der Waals surface area contributed by atoms with Crippen LogP contribution in [0.1, 0.15) is 71.6 Å². The third-order valence-corrected chi connectivity index (χ3v) is 8.74. The van der Waals surface area contributed by atoms with Gasteiger partial charge in [0.2, 0.25) is 0 Å². The maximum atomic E-state index is 6.23. The van der Waals surface area contributed by atoms with Crippen LogP contribution in [0.2, 0.25) is 0 Å². The lowest BCUT2D eigenvalue weighted by molar-refractivity contribution is -0.229. The molecular formula is C21H32O2. The number of hydrogen-bond donors (Lipinski definition) is 0. The van der Waals surface area contributed by atoms with Gasteiger partial charge in [0.25, 0.3) is 0 Å². The van der Waals surface area contributed by atoms with E-state index in [1.54, 1.807) is 0 Å². The van der Waals surface area contributed by atoms with Crippen LogP contribution < -0.4 is 0 Å². The summed E-state index contributed by atoms with van der Waals surface area (Å²) in [6.07, 6.45) is 14.9. The topological polar surface area (TPSA) is 18.5 Å². The van der Waals surface area contributed by atoms with E-state index < -0.39 is 0 Å². The standard InChI is InChI=1S/C21H32O2/c1-19-10-4-3-5-15(19)6-7-16-17(19)8-11-20(2)18(16)9-12-21(20)22-13-14-23-21/h8,15-16,18H,3-7,9-14H2,1-2H3/t15-,16?,18?,19-,20-/m0/s1. The largest absolute Gasteiger partial charge is 0.347 e. The van der Waals surface area contributed by atoms with Crippen molar-refractivity contribution < 1.29 is 9.47 Å². The van der Waals surface area contributed by atoms with E-state index in [1.165, 1.54) is 51.4 Å². The van der Waals surface area contributed by atoms with E-state index in [4.69, 9.17) is 9.47 Å². The van der Waals surface area contributed by atoms with Gasteiger partial charge in [0.05, 0.1) is 13.2 Å². The van der Waals surface area contributed by atoms with Crippen molar-refractivity contribution in [3.05, 3.63) is 11.6 Å². The molecule has 2 heteroatoms. The Morgan fingerprint density at radius 2 is 1.78 bits per heavy atom. The summed E-state index contributed by atoms with van der Waals surface area (Å²) >= 11 is 0. The molecule has 1 spiro atoms. The molecule has 2 nitrogen and oxygen atoms in total. The molecular weight excluding hydrogens is 284 g/mol. The number of allylic oxidation sites excluding steroid dienone is 2. The fourth-order valence-corrected chi connectivity index (χ4v) is 7.45. The molecule has 0 amide bonds. The van der Waals surface area contributed by atoms with Gasteiger partial charge in [0, 0.05) is 11.8 Å². The molecule has 5 rings (SSSR count). The average Bonchev–Trinajstić information content (AvgIpc) is 3.14. The summed E-state index contributed by atoms with van der Waals surface area (Å²) in [5.74, 6) is 2.28. The van der Waals surface area contributed by atoms with Gasteiger partial charge in [0.1, 0.15) is 0 Å². The number of ether oxygens (including phenoxy) is 2. The Balaban J connectivity index is 1.53. The normalized spacial score (nSPS) is 51.0. The fourth-order valence-electron chi connectivity index (χ4n) is 7.45. The molecule has 0 N–H and O–H groups in total. The van der Waals surface area contributed by atoms with Gasteiger partial charge in [-0.05, 0) is 61.7 Å². The lowest BCUT2D eigenvalue weighted by atomic mass is 9.49. The van der Waals surface area contributed by atoms with Crippen molar-refractivity contribution in [1.29, 1.82) is 0 Å². The van der Waals surface area contributed by atoms with Gasteiger partial charge >= 0.3 is 0 Å². The molecule has 1 saturated heterocycles. The lowest BCUT2D eigenvalue weighted by Crippen LogP contribution is -2.52. The van der Waals surface area contributed by atoms with Crippen LogP contribution in [0.3, 0.4) is 0 Å². The molecule has 3 saturated carbocycles. The van der Waals surface area contributed by atoms with E-state index in [-0.39, 0.29) is 11.2 Å². The molecule has 0 radical (unpaired) electrons. The maximum Gasteiger partial charge on any atom is 0.174 e. The van der Waals surface area contributed by atoms with Gasteiger partial charge in [-0.3, -0.25) is 0 Å². The van der Waals surface area contributed by atoms with Crippen LogP contribution >= 0.6 is 0 Å². The molecule has 4 fully saturated rings. The highest BCUT2D eigenvalue weighted by atomic mass is 16.7. The minimum absolute atomic E-state index is 0.204. The highest BCUT2D eigenvalue weighted by Gasteiger charge is 2.65. The molecule has 0 aromatic heterocycles. The highest BCUT2D eigenvalue weighted by Crippen LogP contribution is 2.67. The fraction of sp³-hybridized carbons (Fsp3) is 0.905. The van der Waals surface area contributed by atoms with Crippen molar-refractivity contribution in [3.63, 3.8) is 0 Å². The summed E-state index contributed by atoms with van der Waals surface area (Å²) in [4.78, 5) is 0. The second-order valence-electron chi connectivity index (χ2n) is 9.42. The van der Waals surface area contributed by atoms with Gasteiger partial charge in [-0.15, -0.1) is 0 Å². The summed E-state index contributed by atoms with van der Waals surface area (Å²) in [5.41, 5.74) is 2.57. The van der Waals surface area contributed by atoms with Gasteiger partial charge in [-0.1, -0.05) is 38.3 Å². The lowest BCUT2D eigenvalue weighted by Gasteiger charge is -2.56. The zero-order valence-corrected chi connectivity index (χ0v) is 14.9. The van der Waals surface area contributed by atoms with Crippen molar-refractivity contribution >= 4 is 0 Å². The van der Waals surface area contributed by atoms with Crippen LogP contribution in [0, 0.1) is 28.6 Å². The van der Waals surface area contributed by atoms with Crippen LogP contribution in [-0.2, 0) is 9.47 Å². The summed E-state index contributed by atoms with van der Waals surface area (Å²) in [6, 6.07) is 0. The molecule has 5 atom stereocenters. The van der Waals surface area contributed by atoms with Gasteiger partial charge in [-0.2, -0.15) is 0 Å². The first-order chi connectivity index (χ1) is 11.1. The van der Waals surface area contributed by atoms with Crippen LogP contribution in [0.15, 0.2) is 11.6 Å². The van der Waals surface area contributed by atoms with Crippen molar-refractivity contribution in [2.24, 2.45) is 28.6 Å². The van der Waals surface area contributed by atoms with Gasteiger partial charge < -0.3 is 9.47 Å². The van der Waals surface area contributed by atoms with Gasteiger partial charge in [0.15, 0.2) is 5.79 Å². The molecule has 1 heterocycles. The number of rotatable bonds is 0. The summed E-state index contributed by atoms with van der Waals surface area (Å²) in [5, 5.41) is 0. The van der Waals surface area contributed by atoms with E-state index in [0.717, 1.165) is 37.4 Å². The molecule has 1 aliphatic heterocycles. The zero-order valence-electron chi connectivity index (χ0n) is 14.9. The zero-order chi connectivity index (χ0) is 15.7. The number of fused-ring (bicyclic) bond motifs is 6. The quantitative estimate of drug-likeness (QED) is 0.580. The average molecular weight is 316 g/mol. The predicted molar refractivity (Wildman–Crippen MR) is 91.0 cm³/mol. The van der Waals surface area contributed by atoms with Crippen LogP contribution in [0.25, 0.3) is 0 Å². The van der Waals surface area contributed by atoms with Crippen LogP contribution in [-0.4, -0.2) is 19.0 Å². The third-order valence-electron chi connectivity index (χ3n) is 8.74. The second kappa shape index (κ2) is 4.85. The Morgan fingerprint density at radius 1 is 0.957 bits per heavy atom. The Kier molecular flexibility index (Phi) is 3.15. The van der Waals surface area contributed by atoms with E-state index in [2.05, 4.69) is 19.9 Å². The van der Waals surface area contributed by atoms with Crippen molar-refractivity contribution in [1.82, 2.24) is 0 Å². The smallest absolute Gasteiger partial charge is 0.174 e. The first-order valence-electron chi connectivity index (χ1n) is 10.1. The molecule has 23 heavy (non-hydrogen) atoms.